The third-order valence-electron chi connectivity index (χ3n) is 5.65. The summed E-state index contributed by atoms with van der Waals surface area (Å²) in [5, 5.41) is 16.3. The molecule has 11 nitrogen and oxygen atoms in total. The molecular weight excluding hydrogens is 502 g/mol. The number of carbonyl (C=O) groups excluding carboxylic acids is 1. The molecule has 0 saturated carbocycles. The van der Waals surface area contributed by atoms with Crippen LogP contribution in [0.3, 0.4) is 0 Å². The summed E-state index contributed by atoms with van der Waals surface area (Å²) in [6, 6.07) is 13.7. The molecule has 0 bridgehead atoms. The summed E-state index contributed by atoms with van der Waals surface area (Å²) in [6.45, 7) is 3.43. The Morgan fingerprint density at radius 1 is 1.08 bits per heavy atom. The largest absolute Gasteiger partial charge is 0.337 e. The van der Waals surface area contributed by atoms with Crippen LogP contribution < -0.4 is 10.0 Å². The van der Waals surface area contributed by atoms with E-state index in [1.54, 1.807) is 13.8 Å². The zero-order chi connectivity index (χ0) is 25.4. The fourth-order valence-electron chi connectivity index (χ4n) is 3.59. The molecule has 2 N–H and O–H groups in total. The predicted octanol–water partition coefficient (Wildman–Crippen LogP) is 3.65. The van der Waals surface area contributed by atoms with E-state index in [0.29, 0.717) is 33.3 Å². The van der Waals surface area contributed by atoms with Gasteiger partial charge in [0.1, 0.15) is 5.52 Å². The zero-order valence-corrected chi connectivity index (χ0v) is 21.1. The van der Waals surface area contributed by atoms with Gasteiger partial charge in [0.25, 0.3) is 10.0 Å². The van der Waals surface area contributed by atoms with Crippen LogP contribution in [-0.4, -0.2) is 45.0 Å². The first-order valence-electron chi connectivity index (χ1n) is 10.8. The van der Waals surface area contributed by atoms with Crippen LogP contribution in [0.5, 0.6) is 0 Å². The number of nitrogens with one attached hydrogen (secondary N) is 2. The van der Waals surface area contributed by atoms with Crippen molar-refractivity contribution in [3.63, 3.8) is 0 Å². The average Bonchev–Trinajstić information content (AvgIpc) is 3.34. The molecule has 36 heavy (non-hydrogen) atoms. The topological polar surface area (TPSA) is 145 Å². The number of para-hydroxylation sites is 1. The summed E-state index contributed by atoms with van der Waals surface area (Å²) in [6.07, 6.45) is 0. The monoisotopic (exact) mass is 523 g/mol. The Bertz CT molecular complexity index is 1710. The van der Waals surface area contributed by atoms with Gasteiger partial charge in [-0.15, -0.1) is 10.2 Å². The number of aromatic nitrogens is 5. The lowest BCUT2D eigenvalue weighted by Crippen LogP contribution is -2.15. The van der Waals surface area contributed by atoms with Crippen LogP contribution in [0.2, 0.25) is 0 Å². The molecule has 184 valence electrons. The number of hydrogen-bond donors (Lipinski definition) is 2. The number of aryl methyl sites for hydroxylation is 2. The van der Waals surface area contributed by atoms with Crippen LogP contribution in [0.1, 0.15) is 11.3 Å². The van der Waals surface area contributed by atoms with Gasteiger partial charge in [-0.2, -0.15) is 0 Å². The minimum Gasteiger partial charge on any atom is -0.337 e. The van der Waals surface area contributed by atoms with E-state index in [4.69, 9.17) is 4.52 Å². The molecular formula is C23H21N7O4S2. The quantitative estimate of drug-likeness (QED) is 0.305. The predicted molar refractivity (Wildman–Crippen MR) is 136 cm³/mol. The van der Waals surface area contributed by atoms with Crippen molar-refractivity contribution in [2.75, 3.05) is 15.8 Å². The molecule has 3 heterocycles. The fourth-order valence-corrected chi connectivity index (χ4v) is 5.22. The molecule has 0 aliphatic heterocycles. The first kappa shape index (κ1) is 23.8. The van der Waals surface area contributed by atoms with Gasteiger partial charge in [-0.3, -0.25) is 4.79 Å². The van der Waals surface area contributed by atoms with Crippen molar-refractivity contribution in [2.24, 2.45) is 7.05 Å². The van der Waals surface area contributed by atoms with Gasteiger partial charge in [-0.25, -0.2) is 18.1 Å². The van der Waals surface area contributed by atoms with E-state index in [-0.39, 0.29) is 22.4 Å². The van der Waals surface area contributed by atoms with E-state index in [0.717, 1.165) is 22.7 Å². The summed E-state index contributed by atoms with van der Waals surface area (Å²) in [4.78, 5) is 17.0. The van der Waals surface area contributed by atoms with Crippen LogP contribution in [0, 0.1) is 13.8 Å². The van der Waals surface area contributed by atoms with Crippen molar-refractivity contribution in [1.29, 1.82) is 0 Å². The first-order valence-corrected chi connectivity index (χ1v) is 13.3. The third-order valence-corrected chi connectivity index (χ3v) is 7.84. The van der Waals surface area contributed by atoms with Crippen molar-refractivity contribution in [1.82, 2.24) is 24.9 Å². The smallest absolute Gasteiger partial charge is 0.264 e. The SMILES string of the molecule is Cc1noc(NS(=O)(=O)c2ccc(NC(=O)CSc3nnc4c5ccccc5n(C)c4n3)cc2)c1C. The lowest BCUT2D eigenvalue weighted by atomic mass is 10.2. The molecule has 5 aromatic rings. The summed E-state index contributed by atoms with van der Waals surface area (Å²) >= 11 is 1.16. The summed E-state index contributed by atoms with van der Waals surface area (Å²) in [5.41, 5.74) is 4.06. The lowest BCUT2D eigenvalue weighted by molar-refractivity contribution is -0.113. The van der Waals surface area contributed by atoms with E-state index < -0.39 is 10.0 Å². The molecule has 0 atom stereocenters. The van der Waals surface area contributed by atoms with Gasteiger partial charge in [0, 0.05) is 23.7 Å². The second kappa shape index (κ2) is 9.24. The van der Waals surface area contributed by atoms with Gasteiger partial charge in [-0.1, -0.05) is 35.1 Å². The van der Waals surface area contributed by atoms with Crippen LogP contribution in [0.25, 0.3) is 22.1 Å². The molecule has 0 aliphatic rings. The number of carbonyl (C=O) groups is 1. The highest BCUT2D eigenvalue weighted by molar-refractivity contribution is 7.99. The molecule has 0 radical (unpaired) electrons. The molecule has 0 unspecified atom stereocenters. The van der Waals surface area contributed by atoms with Crippen molar-refractivity contribution >= 4 is 61.3 Å². The Hall–Kier alpha value is -3.97. The number of amides is 1. The van der Waals surface area contributed by atoms with E-state index >= 15 is 0 Å². The standard InChI is InChI=1S/C23H21N7O4S2/c1-13-14(2)28-34-22(13)29-36(32,33)16-10-8-15(9-11-16)24-19(31)12-35-23-25-21-20(26-27-23)17-6-4-5-7-18(17)30(21)3/h4-11,29H,12H2,1-3H3,(H,24,31). The lowest BCUT2D eigenvalue weighted by Gasteiger charge is -2.08. The number of hydrogen-bond acceptors (Lipinski definition) is 9. The highest BCUT2D eigenvalue weighted by Gasteiger charge is 2.19. The zero-order valence-electron chi connectivity index (χ0n) is 19.5. The molecule has 2 aromatic carbocycles. The Labute approximate surface area is 210 Å². The molecule has 0 aliphatic carbocycles. The third kappa shape index (κ3) is 4.50. The molecule has 1 amide bonds. The number of fused-ring (bicyclic) bond motifs is 3. The number of thioether (sulfide) groups is 1. The number of nitrogens with zero attached hydrogens (tertiary/aromatic N) is 5. The average molecular weight is 524 g/mol. The van der Waals surface area contributed by atoms with Crippen LogP contribution in [0.4, 0.5) is 11.6 Å². The van der Waals surface area contributed by atoms with Gasteiger partial charge in [0.05, 0.1) is 21.9 Å². The van der Waals surface area contributed by atoms with E-state index in [1.807, 2.05) is 35.9 Å². The molecule has 3 aromatic heterocycles. The normalized spacial score (nSPS) is 11.8. The van der Waals surface area contributed by atoms with Crippen LogP contribution in [0.15, 0.2) is 63.1 Å². The molecule has 0 spiro atoms. The molecule has 0 saturated heterocycles. The minimum atomic E-state index is -3.87. The summed E-state index contributed by atoms with van der Waals surface area (Å²) in [7, 11) is -1.96. The van der Waals surface area contributed by atoms with Crippen LogP contribution in [-0.2, 0) is 21.9 Å². The van der Waals surface area contributed by atoms with E-state index in [1.165, 1.54) is 24.3 Å². The molecule has 13 heteroatoms. The van der Waals surface area contributed by atoms with Gasteiger partial charge in [-0.05, 0) is 44.2 Å². The maximum absolute atomic E-state index is 12.6. The summed E-state index contributed by atoms with van der Waals surface area (Å²) in [5.74, 6) is -0.162. The second-order valence-corrected chi connectivity index (χ2v) is 10.7. The van der Waals surface area contributed by atoms with Crippen molar-refractivity contribution in [2.45, 2.75) is 23.9 Å². The van der Waals surface area contributed by atoms with Gasteiger partial charge >= 0.3 is 0 Å². The fraction of sp³-hybridized carbons (Fsp3) is 0.174. The summed E-state index contributed by atoms with van der Waals surface area (Å²) < 4.78 is 34.6. The number of benzene rings is 2. The van der Waals surface area contributed by atoms with E-state index in [9.17, 15) is 13.2 Å². The maximum atomic E-state index is 12.6. The van der Waals surface area contributed by atoms with Gasteiger partial charge in [0.15, 0.2) is 5.65 Å². The highest BCUT2D eigenvalue weighted by Crippen LogP contribution is 2.26. The highest BCUT2D eigenvalue weighted by atomic mass is 32.2. The molecule has 0 fully saturated rings. The Kier molecular flexibility index (Phi) is 6.10. The van der Waals surface area contributed by atoms with Crippen molar-refractivity contribution < 1.29 is 17.7 Å². The Morgan fingerprint density at radius 2 is 1.83 bits per heavy atom. The number of anilines is 2. The molecule has 5 rings (SSSR count). The van der Waals surface area contributed by atoms with Crippen molar-refractivity contribution in [3.8, 4) is 0 Å². The Morgan fingerprint density at radius 3 is 2.56 bits per heavy atom. The minimum absolute atomic E-state index is 0.0195. The first-order chi connectivity index (χ1) is 17.2. The van der Waals surface area contributed by atoms with E-state index in [2.05, 4.69) is 30.4 Å². The van der Waals surface area contributed by atoms with Gasteiger partial charge < -0.3 is 14.4 Å². The second-order valence-electron chi connectivity index (χ2n) is 8.03. The maximum Gasteiger partial charge on any atom is 0.264 e. The Balaban J connectivity index is 1.22. The van der Waals surface area contributed by atoms with Crippen LogP contribution >= 0.6 is 11.8 Å². The van der Waals surface area contributed by atoms with Crippen molar-refractivity contribution in [3.05, 3.63) is 59.8 Å². The number of rotatable bonds is 7. The number of sulfonamides is 1. The van der Waals surface area contributed by atoms with Gasteiger partial charge in [0.2, 0.25) is 16.9 Å².